The van der Waals surface area contributed by atoms with E-state index in [1.54, 1.807) is 30.3 Å². The molecule has 4 aromatic rings. The lowest BCUT2D eigenvalue weighted by Gasteiger charge is -2.13. The van der Waals surface area contributed by atoms with Gasteiger partial charge in [0.15, 0.2) is 0 Å². The quantitative estimate of drug-likeness (QED) is 0.224. The number of amides is 3. The van der Waals surface area contributed by atoms with Crippen molar-refractivity contribution in [2.45, 2.75) is 34.3 Å². The van der Waals surface area contributed by atoms with E-state index in [1.165, 1.54) is 6.07 Å². The van der Waals surface area contributed by atoms with Crippen molar-refractivity contribution in [2.24, 2.45) is 0 Å². The summed E-state index contributed by atoms with van der Waals surface area (Å²) in [5.41, 5.74) is 6.72. The lowest BCUT2D eigenvalue weighted by atomic mass is 10.1. The molecule has 0 bridgehead atoms. The molecular formula is C33H30FN3O4S. The molecule has 5 rings (SSSR count). The molecule has 1 N–H and O–H groups in total. The number of imide groups is 1. The van der Waals surface area contributed by atoms with Crippen LogP contribution in [0, 0.1) is 33.5 Å². The highest BCUT2D eigenvalue weighted by atomic mass is 32.2. The number of thioether (sulfide) groups is 1. The van der Waals surface area contributed by atoms with Crippen LogP contribution >= 0.6 is 11.8 Å². The van der Waals surface area contributed by atoms with Crippen molar-refractivity contribution in [3.63, 3.8) is 0 Å². The van der Waals surface area contributed by atoms with Gasteiger partial charge in [-0.15, -0.1) is 0 Å². The van der Waals surface area contributed by atoms with Gasteiger partial charge in [0.25, 0.3) is 11.1 Å². The van der Waals surface area contributed by atoms with Crippen molar-refractivity contribution in [1.29, 1.82) is 0 Å². The van der Waals surface area contributed by atoms with Gasteiger partial charge in [0, 0.05) is 28.3 Å². The molecule has 0 unspecified atom stereocenters. The minimum atomic E-state index is -0.499. The number of carbonyl (C=O) groups excluding carboxylic acids is 3. The van der Waals surface area contributed by atoms with E-state index in [0.717, 1.165) is 50.4 Å². The van der Waals surface area contributed by atoms with Crippen molar-refractivity contribution in [2.75, 3.05) is 11.9 Å². The third kappa shape index (κ3) is 6.16. The second-order valence-electron chi connectivity index (χ2n) is 10.2. The second-order valence-corrected chi connectivity index (χ2v) is 11.1. The first-order valence-corrected chi connectivity index (χ1v) is 14.2. The number of carbonyl (C=O) groups is 3. The Morgan fingerprint density at radius 1 is 0.952 bits per heavy atom. The third-order valence-electron chi connectivity index (χ3n) is 7.17. The Kier molecular flexibility index (Phi) is 8.31. The van der Waals surface area contributed by atoms with E-state index in [-0.39, 0.29) is 23.9 Å². The van der Waals surface area contributed by atoms with E-state index >= 15 is 0 Å². The van der Waals surface area contributed by atoms with Crippen LogP contribution in [0.25, 0.3) is 11.8 Å². The molecule has 3 amide bonds. The number of rotatable bonds is 8. The van der Waals surface area contributed by atoms with Gasteiger partial charge in [-0.05, 0) is 111 Å². The van der Waals surface area contributed by atoms with Crippen molar-refractivity contribution in [3.05, 3.63) is 117 Å². The van der Waals surface area contributed by atoms with Gasteiger partial charge < -0.3 is 14.6 Å². The molecule has 0 radical (unpaired) electrons. The summed E-state index contributed by atoms with van der Waals surface area (Å²) in [6.07, 6.45) is 1.69. The maximum atomic E-state index is 13.9. The maximum Gasteiger partial charge on any atom is 0.294 e. The average Bonchev–Trinajstić information content (AvgIpc) is 3.39. The van der Waals surface area contributed by atoms with Gasteiger partial charge in [0.2, 0.25) is 5.91 Å². The third-order valence-corrected chi connectivity index (χ3v) is 8.08. The smallest absolute Gasteiger partial charge is 0.294 e. The monoisotopic (exact) mass is 583 g/mol. The predicted octanol–water partition coefficient (Wildman–Crippen LogP) is 7.10. The summed E-state index contributed by atoms with van der Waals surface area (Å²) in [5, 5.41) is 2.28. The topological polar surface area (TPSA) is 80.6 Å². The lowest BCUT2D eigenvalue weighted by molar-refractivity contribution is -0.127. The summed E-state index contributed by atoms with van der Waals surface area (Å²) in [6.45, 7) is 7.58. The van der Waals surface area contributed by atoms with Gasteiger partial charge in [-0.1, -0.05) is 24.3 Å². The molecular weight excluding hydrogens is 553 g/mol. The van der Waals surface area contributed by atoms with E-state index in [1.807, 2.05) is 74.7 Å². The Balaban J connectivity index is 1.27. The SMILES string of the molecule is Cc1ccc(NC(=O)CN2C(=O)SC(=Cc3cc(C)n(-c4ccc(OCc5ccccc5F)cc4)c3C)C2=O)cc1C. The minimum absolute atomic E-state index is 0.125. The molecule has 0 aliphatic carbocycles. The molecule has 0 saturated carbocycles. The number of aromatic nitrogens is 1. The molecule has 1 aromatic heterocycles. The Morgan fingerprint density at radius 3 is 2.40 bits per heavy atom. The summed E-state index contributed by atoms with van der Waals surface area (Å²) in [6, 6.07) is 21.4. The number of ether oxygens (including phenoxy) is 1. The highest BCUT2D eigenvalue weighted by Gasteiger charge is 2.36. The zero-order valence-electron chi connectivity index (χ0n) is 23.7. The predicted molar refractivity (Wildman–Crippen MR) is 163 cm³/mol. The van der Waals surface area contributed by atoms with Crippen LogP contribution in [0.5, 0.6) is 5.75 Å². The number of halogens is 1. The molecule has 3 aromatic carbocycles. The molecule has 42 heavy (non-hydrogen) atoms. The molecule has 1 aliphatic heterocycles. The highest BCUT2D eigenvalue weighted by Crippen LogP contribution is 2.34. The minimum Gasteiger partial charge on any atom is -0.489 e. The summed E-state index contributed by atoms with van der Waals surface area (Å²) in [5.74, 6) is -0.638. The van der Waals surface area contributed by atoms with Crippen molar-refractivity contribution < 1.29 is 23.5 Å². The molecule has 1 saturated heterocycles. The van der Waals surface area contributed by atoms with Gasteiger partial charge in [-0.25, -0.2) is 4.39 Å². The van der Waals surface area contributed by atoms with Crippen molar-refractivity contribution in [3.8, 4) is 11.4 Å². The first-order chi connectivity index (χ1) is 20.1. The van der Waals surface area contributed by atoms with E-state index < -0.39 is 17.1 Å². The van der Waals surface area contributed by atoms with Gasteiger partial charge in [-0.3, -0.25) is 19.3 Å². The number of anilines is 1. The number of benzene rings is 3. The van der Waals surface area contributed by atoms with E-state index in [0.29, 0.717) is 17.0 Å². The Bertz CT molecular complexity index is 1730. The van der Waals surface area contributed by atoms with E-state index in [2.05, 4.69) is 5.32 Å². The molecule has 0 spiro atoms. The average molecular weight is 584 g/mol. The summed E-state index contributed by atoms with van der Waals surface area (Å²) < 4.78 is 21.7. The van der Waals surface area contributed by atoms with Crippen LogP contribution in [0.3, 0.4) is 0 Å². The number of nitrogens with zero attached hydrogens (tertiary/aromatic N) is 2. The number of aryl methyl sites for hydroxylation is 3. The summed E-state index contributed by atoms with van der Waals surface area (Å²) in [4.78, 5) is 39.6. The van der Waals surface area contributed by atoms with Crippen LogP contribution in [0.15, 0.2) is 77.7 Å². The normalized spacial score (nSPS) is 14.1. The fourth-order valence-corrected chi connectivity index (χ4v) is 5.57. The zero-order valence-corrected chi connectivity index (χ0v) is 24.5. The van der Waals surface area contributed by atoms with Gasteiger partial charge >= 0.3 is 0 Å². The zero-order chi connectivity index (χ0) is 30.0. The largest absolute Gasteiger partial charge is 0.489 e. The second kappa shape index (κ2) is 12.1. The number of hydrogen-bond acceptors (Lipinski definition) is 5. The molecule has 1 fully saturated rings. The van der Waals surface area contributed by atoms with Crippen LogP contribution < -0.4 is 10.1 Å². The van der Waals surface area contributed by atoms with Crippen LogP contribution in [-0.2, 0) is 16.2 Å². The fraction of sp³-hybridized carbons (Fsp3) is 0.182. The molecule has 2 heterocycles. The standard InChI is InChI=1S/C33H30FN3O4S/c1-20-9-10-26(15-21(20)2)35-31(38)18-36-32(39)30(42-33(36)40)17-25-16-22(3)37(23(25)4)27-11-13-28(14-12-27)41-19-24-7-5-6-8-29(24)34/h5-17H,18-19H2,1-4H3,(H,35,38). The lowest BCUT2D eigenvalue weighted by Crippen LogP contribution is -2.36. The number of hydrogen-bond donors (Lipinski definition) is 1. The van der Waals surface area contributed by atoms with Gasteiger partial charge in [0.05, 0.1) is 4.91 Å². The molecule has 0 atom stereocenters. The first-order valence-electron chi connectivity index (χ1n) is 13.4. The van der Waals surface area contributed by atoms with E-state index in [9.17, 15) is 18.8 Å². The van der Waals surface area contributed by atoms with Crippen LogP contribution in [0.2, 0.25) is 0 Å². The summed E-state index contributed by atoms with van der Waals surface area (Å²) in [7, 11) is 0. The molecule has 7 nitrogen and oxygen atoms in total. The van der Waals surface area contributed by atoms with Gasteiger partial charge in [0.1, 0.15) is 24.7 Å². The molecule has 1 aliphatic rings. The van der Waals surface area contributed by atoms with Crippen LogP contribution in [0.4, 0.5) is 14.9 Å². The number of nitrogens with one attached hydrogen (secondary N) is 1. The van der Waals surface area contributed by atoms with Crippen molar-refractivity contribution >= 4 is 40.6 Å². The van der Waals surface area contributed by atoms with E-state index in [4.69, 9.17) is 4.74 Å². The van der Waals surface area contributed by atoms with Crippen LogP contribution in [-0.4, -0.2) is 33.1 Å². The van der Waals surface area contributed by atoms with Crippen LogP contribution in [0.1, 0.15) is 33.6 Å². The van der Waals surface area contributed by atoms with Gasteiger partial charge in [-0.2, -0.15) is 0 Å². The first kappa shape index (κ1) is 28.9. The van der Waals surface area contributed by atoms with Crippen molar-refractivity contribution in [1.82, 2.24) is 9.47 Å². The Hall–Kier alpha value is -4.63. The highest BCUT2D eigenvalue weighted by molar-refractivity contribution is 8.18. The molecule has 9 heteroatoms. The molecule has 214 valence electrons. The Morgan fingerprint density at radius 2 is 1.69 bits per heavy atom. The summed E-state index contributed by atoms with van der Waals surface area (Å²) >= 11 is 0.822. The maximum absolute atomic E-state index is 13.9. The Labute approximate surface area is 248 Å². The fourth-order valence-electron chi connectivity index (χ4n) is 4.74.